The molecule has 0 saturated carbocycles. The van der Waals surface area contributed by atoms with Crippen molar-refractivity contribution >= 4 is 27.5 Å². The van der Waals surface area contributed by atoms with Gasteiger partial charge in [0, 0.05) is 0 Å². The van der Waals surface area contributed by atoms with E-state index in [1.54, 1.807) is 18.2 Å². The number of anilines is 1. The van der Waals surface area contributed by atoms with E-state index >= 15 is 0 Å². The Morgan fingerprint density at radius 2 is 2.08 bits per heavy atom. The Morgan fingerprint density at radius 1 is 1.46 bits per heavy atom. The average molecular weight is 221 g/mol. The summed E-state index contributed by atoms with van der Waals surface area (Å²) < 4.78 is 23.4. The van der Waals surface area contributed by atoms with Crippen LogP contribution in [-0.2, 0) is 10.2 Å². The van der Waals surface area contributed by atoms with E-state index in [9.17, 15) is 8.42 Å². The fourth-order valence-corrected chi connectivity index (χ4v) is 1.68. The highest BCUT2D eigenvalue weighted by atomic mass is 35.5. The lowest BCUT2D eigenvalue weighted by Gasteiger charge is -2.05. The first kappa shape index (κ1) is 10.3. The fraction of sp³-hybridized carbons (Fsp3) is 0.143. The first-order valence-electron chi connectivity index (χ1n) is 3.45. The quantitative estimate of drug-likeness (QED) is 0.788. The summed E-state index contributed by atoms with van der Waals surface area (Å²) in [5.74, 6) is 0. The number of halogens is 1. The third-order valence-corrected chi connectivity index (χ3v) is 2.19. The predicted octanol–water partition coefficient (Wildman–Crippen LogP) is 1.26. The Kier molecular flexibility index (Phi) is 2.80. The molecule has 0 fully saturated rings. The Bertz CT molecular complexity index is 417. The van der Waals surface area contributed by atoms with Crippen LogP contribution < -0.4 is 9.86 Å². The molecule has 0 spiro atoms. The van der Waals surface area contributed by atoms with Crippen molar-refractivity contribution in [2.45, 2.75) is 6.92 Å². The third kappa shape index (κ3) is 3.22. The molecule has 0 unspecified atom stereocenters. The Balaban J connectivity index is 3.04. The molecular formula is C7H9ClN2O2S. The molecule has 1 rings (SSSR count). The molecule has 6 heteroatoms. The van der Waals surface area contributed by atoms with Gasteiger partial charge in [0.15, 0.2) is 0 Å². The van der Waals surface area contributed by atoms with E-state index < -0.39 is 10.2 Å². The fourth-order valence-electron chi connectivity index (χ4n) is 0.856. The smallest absolute Gasteiger partial charge is 0.270 e. The first-order valence-corrected chi connectivity index (χ1v) is 5.37. The number of aryl methyl sites for hydroxylation is 1. The van der Waals surface area contributed by atoms with Crippen molar-refractivity contribution in [3.63, 3.8) is 0 Å². The summed E-state index contributed by atoms with van der Waals surface area (Å²) in [4.78, 5) is 0. The monoisotopic (exact) mass is 220 g/mol. The van der Waals surface area contributed by atoms with Crippen molar-refractivity contribution in [1.82, 2.24) is 0 Å². The molecule has 72 valence electrons. The van der Waals surface area contributed by atoms with Gasteiger partial charge in [-0.2, -0.15) is 8.42 Å². The molecule has 0 bridgehead atoms. The van der Waals surface area contributed by atoms with Crippen LogP contribution in [0.15, 0.2) is 18.2 Å². The van der Waals surface area contributed by atoms with Gasteiger partial charge in [0.25, 0.3) is 10.2 Å². The Labute approximate surface area is 81.9 Å². The maximum atomic E-state index is 10.6. The van der Waals surface area contributed by atoms with Crippen LogP contribution in [-0.4, -0.2) is 8.42 Å². The zero-order valence-corrected chi connectivity index (χ0v) is 8.48. The van der Waals surface area contributed by atoms with Crippen LogP contribution in [0.4, 0.5) is 5.69 Å². The molecule has 0 saturated heterocycles. The molecule has 4 nitrogen and oxygen atoms in total. The molecule has 0 aliphatic rings. The Morgan fingerprint density at radius 3 is 2.54 bits per heavy atom. The van der Waals surface area contributed by atoms with Crippen molar-refractivity contribution < 1.29 is 8.42 Å². The van der Waals surface area contributed by atoms with Gasteiger partial charge in [-0.15, -0.1) is 0 Å². The number of nitrogens with two attached hydrogens (primary N) is 1. The van der Waals surface area contributed by atoms with Gasteiger partial charge in [-0.3, -0.25) is 4.72 Å². The highest BCUT2D eigenvalue weighted by Gasteiger charge is 2.05. The zero-order valence-electron chi connectivity index (χ0n) is 6.91. The largest absolute Gasteiger partial charge is 0.296 e. The maximum absolute atomic E-state index is 10.6. The number of hydrogen-bond donors (Lipinski definition) is 2. The van der Waals surface area contributed by atoms with E-state index in [4.69, 9.17) is 16.7 Å². The molecule has 0 amide bonds. The van der Waals surface area contributed by atoms with Crippen molar-refractivity contribution in [1.29, 1.82) is 0 Å². The minimum atomic E-state index is -3.75. The standard InChI is InChI=1S/C7H9ClN2O2S/c1-5-2-3-7(6(8)4-5)10-13(9,11)12/h2-4,10H,1H3,(H2,9,11,12). The molecule has 0 aliphatic heterocycles. The van der Waals surface area contributed by atoms with Gasteiger partial charge in [0.05, 0.1) is 10.7 Å². The number of benzene rings is 1. The molecule has 13 heavy (non-hydrogen) atoms. The van der Waals surface area contributed by atoms with Gasteiger partial charge in [0.2, 0.25) is 0 Å². The highest BCUT2D eigenvalue weighted by Crippen LogP contribution is 2.22. The summed E-state index contributed by atoms with van der Waals surface area (Å²) >= 11 is 5.75. The van der Waals surface area contributed by atoms with Crippen LogP contribution >= 0.6 is 11.6 Å². The average Bonchev–Trinajstić information content (AvgIpc) is 1.93. The molecule has 0 aliphatic carbocycles. The lowest BCUT2D eigenvalue weighted by atomic mass is 10.2. The van der Waals surface area contributed by atoms with Crippen molar-refractivity contribution in [3.05, 3.63) is 28.8 Å². The van der Waals surface area contributed by atoms with Crippen molar-refractivity contribution in [2.75, 3.05) is 4.72 Å². The third-order valence-electron chi connectivity index (χ3n) is 1.38. The molecule has 0 radical (unpaired) electrons. The van der Waals surface area contributed by atoms with Crippen LogP contribution in [0.5, 0.6) is 0 Å². The lowest BCUT2D eigenvalue weighted by Crippen LogP contribution is -2.21. The topological polar surface area (TPSA) is 72.2 Å². The SMILES string of the molecule is Cc1ccc(NS(N)(=O)=O)c(Cl)c1. The van der Waals surface area contributed by atoms with Gasteiger partial charge in [-0.1, -0.05) is 17.7 Å². The van der Waals surface area contributed by atoms with Crippen LogP contribution in [0.1, 0.15) is 5.56 Å². The molecule has 0 aromatic heterocycles. The second kappa shape index (κ2) is 3.53. The first-order chi connectivity index (χ1) is 5.88. The van der Waals surface area contributed by atoms with Crippen molar-refractivity contribution in [3.8, 4) is 0 Å². The molecule has 0 heterocycles. The zero-order chi connectivity index (χ0) is 10.1. The highest BCUT2D eigenvalue weighted by molar-refractivity contribution is 7.90. The Hall–Kier alpha value is -0.780. The second-order valence-electron chi connectivity index (χ2n) is 2.63. The molecule has 1 aromatic carbocycles. The van der Waals surface area contributed by atoms with E-state index in [-0.39, 0.29) is 5.69 Å². The van der Waals surface area contributed by atoms with E-state index in [2.05, 4.69) is 4.72 Å². The summed E-state index contributed by atoms with van der Waals surface area (Å²) in [5, 5.41) is 5.10. The number of rotatable bonds is 2. The van der Waals surface area contributed by atoms with E-state index in [0.717, 1.165) is 5.56 Å². The maximum Gasteiger partial charge on any atom is 0.296 e. The van der Waals surface area contributed by atoms with Crippen LogP contribution in [0.3, 0.4) is 0 Å². The molecule has 1 aromatic rings. The van der Waals surface area contributed by atoms with Crippen LogP contribution in [0.2, 0.25) is 5.02 Å². The van der Waals surface area contributed by atoms with E-state index in [1.807, 2.05) is 6.92 Å². The van der Waals surface area contributed by atoms with Gasteiger partial charge in [0.1, 0.15) is 0 Å². The van der Waals surface area contributed by atoms with Gasteiger partial charge < -0.3 is 0 Å². The predicted molar refractivity (Wildman–Crippen MR) is 52.9 cm³/mol. The molecule has 0 atom stereocenters. The van der Waals surface area contributed by atoms with E-state index in [0.29, 0.717) is 5.02 Å². The summed E-state index contributed by atoms with van der Waals surface area (Å²) in [6.45, 7) is 1.85. The normalized spacial score (nSPS) is 11.3. The minimum absolute atomic E-state index is 0.287. The van der Waals surface area contributed by atoms with Gasteiger partial charge in [-0.05, 0) is 24.6 Å². The van der Waals surface area contributed by atoms with Gasteiger partial charge >= 0.3 is 0 Å². The van der Waals surface area contributed by atoms with E-state index in [1.165, 1.54) is 0 Å². The summed E-state index contributed by atoms with van der Waals surface area (Å²) in [6.07, 6.45) is 0. The second-order valence-corrected chi connectivity index (χ2v) is 4.33. The number of nitrogens with one attached hydrogen (secondary N) is 1. The van der Waals surface area contributed by atoms with Crippen LogP contribution in [0, 0.1) is 6.92 Å². The summed E-state index contributed by atoms with van der Waals surface area (Å²) in [5.41, 5.74) is 1.24. The summed E-state index contributed by atoms with van der Waals surface area (Å²) in [7, 11) is -3.75. The lowest BCUT2D eigenvalue weighted by molar-refractivity contribution is 0.603. The molecular weight excluding hydrogens is 212 g/mol. The van der Waals surface area contributed by atoms with Crippen LogP contribution in [0.25, 0.3) is 0 Å². The minimum Gasteiger partial charge on any atom is -0.270 e. The van der Waals surface area contributed by atoms with Crippen molar-refractivity contribution in [2.24, 2.45) is 5.14 Å². The molecule has 3 N–H and O–H groups in total. The van der Waals surface area contributed by atoms with Gasteiger partial charge in [-0.25, -0.2) is 5.14 Å². The summed E-state index contributed by atoms with van der Waals surface area (Å²) in [6, 6.07) is 4.94. The number of hydrogen-bond acceptors (Lipinski definition) is 2.